The highest BCUT2D eigenvalue weighted by atomic mass is 32.2. The molecule has 1 aliphatic carbocycles. The summed E-state index contributed by atoms with van der Waals surface area (Å²) in [4.78, 5) is 20.0. The normalized spacial score (nSPS) is 16.9. The van der Waals surface area contributed by atoms with Gasteiger partial charge in [-0.2, -0.15) is 5.10 Å². The first kappa shape index (κ1) is 21.6. The highest BCUT2D eigenvalue weighted by Crippen LogP contribution is 2.39. The number of para-hydroxylation sites is 2. The Kier molecular flexibility index (Phi) is 5.74. The van der Waals surface area contributed by atoms with Crippen molar-refractivity contribution >= 4 is 41.0 Å². The number of hydrogen-bond acceptors (Lipinski definition) is 6. The third kappa shape index (κ3) is 4.18. The lowest BCUT2D eigenvalue weighted by Crippen LogP contribution is -2.38. The predicted octanol–water partition coefficient (Wildman–Crippen LogP) is 5.73. The van der Waals surface area contributed by atoms with Gasteiger partial charge in [-0.15, -0.1) is 0 Å². The first-order valence-electron chi connectivity index (χ1n) is 11.7. The van der Waals surface area contributed by atoms with E-state index in [0.717, 1.165) is 58.8 Å². The standard InChI is InChI=1S/C25H25N5O2S2/c31-23(29-13-11-16(12-14-29)22-27-28-24(33)30(22)18-9-10-18)19-6-2-1-5-17(19)15-34-25-26-20-7-3-4-8-21(20)32-25/h1-8,16,18H,9-15H2,(H,28,33). The molecule has 2 aliphatic rings. The number of piperidine rings is 1. The average molecular weight is 492 g/mol. The number of hydrogen-bond donors (Lipinski definition) is 1. The largest absolute Gasteiger partial charge is 0.431 e. The van der Waals surface area contributed by atoms with E-state index >= 15 is 0 Å². The molecule has 0 radical (unpaired) electrons. The van der Waals surface area contributed by atoms with Crippen molar-refractivity contribution in [2.24, 2.45) is 0 Å². The van der Waals surface area contributed by atoms with Gasteiger partial charge in [0.05, 0.1) is 0 Å². The Morgan fingerprint density at radius 1 is 1.09 bits per heavy atom. The molecule has 2 fully saturated rings. The molecule has 2 aromatic carbocycles. The molecule has 1 N–H and O–H groups in total. The maximum Gasteiger partial charge on any atom is 0.257 e. The molecule has 0 bridgehead atoms. The summed E-state index contributed by atoms with van der Waals surface area (Å²) in [7, 11) is 0. The number of benzene rings is 2. The Morgan fingerprint density at radius 3 is 2.65 bits per heavy atom. The van der Waals surface area contributed by atoms with Gasteiger partial charge in [0, 0.05) is 36.4 Å². The summed E-state index contributed by atoms with van der Waals surface area (Å²) >= 11 is 6.96. The molecule has 7 nitrogen and oxygen atoms in total. The number of thioether (sulfide) groups is 1. The van der Waals surface area contributed by atoms with Crippen LogP contribution < -0.4 is 0 Å². The van der Waals surface area contributed by atoms with Crippen LogP contribution in [0.4, 0.5) is 0 Å². The second-order valence-electron chi connectivity index (χ2n) is 8.95. The van der Waals surface area contributed by atoms with Gasteiger partial charge in [-0.05, 0) is 61.7 Å². The van der Waals surface area contributed by atoms with Crippen LogP contribution in [0.3, 0.4) is 0 Å². The highest BCUT2D eigenvalue weighted by Gasteiger charge is 2.33. The van der Waals surface area contributed by atoms with Crippen molar-refractivity contribution in [3.63, 3.8) is 0 Å². The second kappa shape index (κ2) is 9.03. The van der Waals surface area contributed by atoms with Crippen molar-refractivity contribution in [3.05, 3.63) is 70.3 Å². The fraction of sp³-hybridized carbons (Fsp3) is 0.360. The van der Waals surface area contributed by atoms with Crippen molar-refractivity contribution in [1.29, 1.82) is 0 Å². The molecule has 3 heterocycles. The van der Waals surface area contributed by atoms with Crippen LogP contribution in [0.25, 0.3) is 11.1 Å². The van der Waals surface area contributed by atoms with Gasteiger partial charge >= 0.3 is 0 Å². The van der Waals surface area contributed by atoms with Crippen molar-refractivity contribution in [2.75, 3.05) is 13.1 Å². The van der Waals surface area contributed by atoms with Crippen LogP contribution in [0.1, 0.15) is 59.4 Å². The number of nitrogens with one attached hydrogen (secondary N) is 1. The molecule has 1 amide bonds. The van der Waals surface area contributed by atoms with Gasteiger partial charge in [0.25, 0.3) is 11.1 Å². The summed E-state index contributed by atoms with van der Waals surface area (Å²) in [6.07, 6.45) is 4.16. The molecule has 1 aliphatic heterocycles. The summed E-state index contributed by atoms with van der Waals surface area (Å²) in [6, 6.07) is 16.1. The van der Waals surface area contributed by atoms with Crippen LogP contribution in [0.2, 0.25) is 0 Å². The SMILES string of the molecule is O=C(c1ccccc1CSc1nc2ccccc2o1)N1CCC(c2n[nH]c(=S)n2C2CC2)CC1. The molecular formula is C25H25N5O2S2. The fourth-order valence-corrected chi connectivity index (χ4v) is 5.84. The van der Waals surface area contributed by atoms with Gasteiger partial charge in [0.15, 0.2) is 10.4 Å². The molecule has 2 aromatic heterocycles. The number of aromatic nitrogens is 4. The number of amides is 1. The minimum absolute atomic E-state index is 0.0910. The number of likely N-dealkylation sites (tertiary alicyclic amines) is 1. The lowest BCUT2D eigenvalue weighted by molar-refractivity contribution is 0.0709. The summed E-state index contributed by atoms with van der Waals surface area (Å²) in [5.41, 5.74) is 3.38. The van der Waals surface area contributed by atoms with E-state index in [9.17, 15) is 4.79 Å². The monoisotopic (exact) mass is 491 g/mol. The molecule has 0 spiro atoms. The number of H-pyrrole nitrogens is 1. The van der Waals surface area contributed by atoms with E-state index in [-0.39, 0.29) is 5.91 Å². The lowest BCUT2D eigenvalue weighted by atomic mass is 9.95. The van der Waals surface area contributed by atoms with E-state index in [2.05, 4.69) is 19.7 Å². The number of rotatable bonds is 6. The van der Waals surface area contributed by atoms with E-state index in [1.165, 1.54) is 24.6 Å². The summed E-state index contributed by atoms with van der Waals surface area (Å²) in [5.74, 6) is 2.12. The summed E-state index contributed by atoms with van der Waals surface area (Å²) < 4.78 is 8.76. The molecule has 6 rings (SSSR count). The first-order chi connectivity index (χ1) is 16.7. The number of carbonyl (C=O) groups is 1. The summed E-state index contributed by atoms with van der Waals surface area (Å²) in [5, 5.41) is 8.13. The molecule has 34 heavy (non-hydrogen) atoms. The number of carbonyl (C=O) groups excluding carboxylic acids is 1. The van der Waals surface area contributed by atoms with E-state index in [4.69, 9.17) is 16.6 Å². The van der Waals surface area contributed by atoms with Crippen molar-refractivity contribution in [1.82, 2.24) is 24.6 Å². The van der Waals surface area contributed by atoms with Gasteiger partial charge in [-0.3, -0.25) is 9.89 Å². The van der Waals surface area contributed by atoms with E-state index in [1.807, 2.05) is 53.4 Å². The Labute approximate surface area is 206 Å². The molecule has 9 heteroatoms. The van der Waals surface area contributed by atoms with Crippen LogP contribution in [-0.2, 0) is 5.75 Å². The van der Waals surface area contributed by atoms with Gasteiger partial charge in [-0.1, -0.05) is 42.1 Å². The molecule has 1 saturated carbocycles. The van der Waals surface area contributed by atoms with Crippen molar-refractivity contribution in [3.8, 4) is 0 Å². The van der Waals surface area contributed by atoms with E-state index < -0.39 is 0 Å². The van der Waals surface area contributed by atoms with E-state index in [0.29, 0.717) is 22.9 Å². The minimum atomic E-state index is 0.0910. The molecule has 1 saturated heterocycles. The topological polar surface area (TPSA) is 80.0 Å². The van der Waals surface area contributed by atoms with Crippen LogP contribution in [0.15, 0.2) is 58.2 Å². The zero-order valence-electron chi connectivity index (χ0n) is 18.6. The van der Waals surface area contributed by atoms with Crippen LogP contribution in [0, 0.1) is 4.77 Å². The number of oxazole rings is 1. The van der Waals surface area contributed by atoms with Gasteiger partial charge < -0.3 is 13.9 Å². The van der Waals surface area contributed by atoms with Crippen LogP contribution >= 0.6 is 24.0 Å². The number of aromatic amines is 1. The fourth-order valence-electron chi connectivity index (χ4n) is 4.71. The zero-order valence-corrected chi connectivity index (χ0v) is 20.3. The summed E-state index contributed by atoms with van der Waals surface area (Å²) in [6.45, 7) is 1.45. The molecule has 0 unspecified atom stereocenters. The average Bonchev–Trinajstić information content (AvgIpc) is 3.50. The first-order valence-corrected chi connectivity index (χ1v) is 13.1. The quantitative estimate of drug-likeness (QED) is 0.274. The molecule has 174 valence electrons. The number of fused-ring (bicyclic) bond motifs is 1. The minimum Gasteiger partial charge on any atom is -0.431 e. The lowest BCUT2D eigenvalue weighted by Gasteiger charge is -2.32. The molecule has 0 atom stereocenters. The smallest absolute Gasteiger partial charge is 0.257 e. The maximum atomic E-state index is 13.4. The van der Waals surface area contributed by atoms with E-state index in [1.54, 1.807) is 0 Å². The maximum absolute atomic E-state index is 13.4. The Bertz CT molecular complexity index is 1360. The Hall–Kier alpha value is -2.91. The van der Waals surface area contributed by atoms with Crippen molar-refractivity contribution < 1.29 is 9.21 Å². The van der Waals surface area contributed by atoms with Gasteiger partial charge in [-0.25, -0.2) is 4.98 Å². The van der Waals surface area contributed by atoms with Crippen molar-refractivity contribution in [2.45, 2.75) is 48.6 Å². The Morgan fingerprint density at radius 2 is 1.85 bits per heavy atom. The second-order valence-corrected chi connectivity index (χ2v) is 10.3. The highest BCUT2D eigenvalue weighted by molar-refractivity contribution is 7.98. The predicted molar refractivity (Wildman–Crippen MR) is 134 cm³/mol. The van der Waals surface area contributed by atoms with Gasteiger partial charge in [0.2, 0.25) is 0 Å². The van der Waals surface area contributed by atoms with Crippen LogP contribution in [0.5, 0.6) is 0 Å². The number of nitrogens with zero attached hydrogens (tertiary/aromatic N) is 4. The zero-order chi connectivity index (χ0) is 23.1. The Balaban J connectivity index is 1.13. The molecular weight excluding hydrogens is 466 g/mol. The third-order valence-corrected chi connectivity index (χ3v) is 7.83. The molecule has 4 aromatic rings. The third-order valence-electron chi connectivity index (χ3n) is 6.66. The van der Waals surface area contributed by atoms with Crippen LogP contribution in [-0.4, -0.2) is 43.6 Å². The van der Waals surface area contributed by atoms with Gasteiger partial charge in [0.1, 0.15) is 11.3 Å².